The van der Waals surface area contributed by atoms with Gasteiger partial charge in [0.2, 0.25) is 0 Å². The summed E-state index contributed by atoms with van der Waals surface area (Å²) in [7, 11) is 0. The molecule has 1 unspecified atom stereocenters. The number of hydrogen-bond donors (Lipinski definition) is 2. The van der Waals surface area contributed by atoms with Crippen LogP contribution in [-0.2, 0) is 0 Å². The maximum atomic E-state index is 13.6. The van der Waals surface area contributed by atoms with Gasteiger partial charge in [0, 0.05) is 11.0 Å². The number of nitrogens with one attached hydrogen (secondary N) is 1. The first-order chi connectivity index (χ1) is 9.01. The Labute approximate surface area is 121 Å². The second kappa shape index (κ2) is 7.60. The molecule has 1 amide bonds. The molecule has 1 aromatic rings. The molecule has 0 saturated carbocycles. The van der Waals surface area contributed by atoms with Gasteiger partial charge in [0.05, 0.1) is 11.7 Å². The average Bonchev–Trinajstić information content (AvgIpc) is 2.37. The third kappa shape index (κ3) is 4.28. The zero-order valence-electron chi connectivity index (χ0n) is 11.1. The van der Waals surface area contributed by atoms with Gasteiger partial charge >= 0.3 is 0 Å². The Hall–Kier alpha value is -0.940. The Bertz CT molecular complexity index is 415. The molecule has 0 radical (unpaired) electrons. The van der Waals surface area contributed by atoms with Crippen LogP contribution < -0.4 is 5.32 Å². The first kappa shape index (κ1) is 16.1. The standard InChI is InChI=1S/C14H19BrFNO2/c1-3-9(4-2)12(18)8-17-14(19)13-10(15)6-5-7-11(13)16/h5-7,9,12,18H,3-4,8H2,1-2H3,(H,17,19). The molecule has 1 rings (SSSR count). The van der Waals surface area contributed by atoms with Crippen LogP contribution in [0.2, 0.25) is 0 Å². The monoisotopic (exact) mass is 331 g/mol. The Morgan fingerprint density at radius 1 is 1.42 bits per heavy atom. The third-order valence-corrected chi connectivity index (χ3v) is 3.92. The van der Waals surface area contributed by atoms with Crippen LogP contribution in [0.1, 0.15) is 37.0 Å². The highest BCUT2D eigenvalue weighted by Crippen LogP contribution is 2.19. The van der Waals surface area contributed by atoms with Gasteiger partial charge in [-0.15, -0.1) is 0 Å². The maximum absolute atomic E-state index is 13.6. The van der Waals surface area contributed by atoms with E-state index in [0.29, 0.717) is 4.47 Å². The molecular weight excluding hydrogens is 313 g/mol. The van der Waals surface area contributed by atoms with Crippen LogP contribution in [0.5, 0.6) is 0 Å². The van der Waals surface area contributed by atoms with Gasteiger partial charge < -0.3 is 10.4 Å². The molecule has 1 atom stereocenters. The Morgan fingerprint density at radius 3 is 2.58 bits per heavy atom. The van der Waals surface area contributed by atoms with Crippen molar-refractivity contribution in [1.29, 1.82) is 0 Å². The van der Waals surface area contributed by atoms with E-state index in [-0.39, 0.29) is 18.0 Å². The van der Waals surface area contributed by atoms with Crippen molar-refractivity contribution in [2.24, 2.45) is 5.92 Å². The van der Waals surface area contributed by atoms with Crippen LogP contribution in [-0.4, -0.2) is 23.7 Å². The summed E-state index contributed by atoms with van der Waals surface area (Å²) in [6, 6.07) is 4.36. The molecule has 0 saturated heterocycles. The quantitative estimate of drug-likeness (QED) is 0.841. The number of aliphatic hydroxyl groups excluding tert-OH is 1. The van der Waals surface area contributed by atoms with Gasteiger partial charge in [-0.1, -0.05) is 32.8 Å². The van der Waals surface area contributed by atoms with E-state index >= 15 is 0 Å². The number of aliphatic hydroxyl groups is 1. The second-order valence-electron chi connectivity index (χ2n) is 4.45. The molecule has 2 N–H and O–H groups in total. The van der Waals surface area contributed by atoms with E-state index in [1.165, 1.54) is 12.1 Å². The van der Waals surface area contributed by atoms with Crippen molar-refractivity contribution < 1.29 is 14.3 Å². The molecule has 0 aliphatic carbocycles. The number of halogens is 2. The van der Waals surface area contributed by atoms with Crippen molar-refractivity contribution in [1.82, 2.24) is 5.32 Å². The molecule has 0 fully saturated rings. The van der Waals surface area contributed by atoms with Crippen molar-refractivity contribution in [3.63, 3.8) is 0 Å². The first-order valence-electron chi connectivity index (χ1n) is 6.41. The minimum absolute atomic E-state index is 0.0285. The van der Waals surface area contributed by atoms with Crippen molar-refractivity contribution in [2.45, 2.75) is 32.8 Å². The lowest BCUT2D eigenvalue weighted by atomic mass is 9.96. The molecule has 0 aromatic heterocycles. The molecule has 19 heavy (non-hydrogen) atoms. The highest BCUT2D eigenvalue weighted by atomic mass is 79.9. The summed E-state index contributed by atoms with van der Waals surface area (Å²) in [4.78, 5) is 11.9. The number of carbonyl (C=O) groups excluding carboxylic acids is 1. The fraction of sp³-hybridized carbons (Fsp3) is 0.500. The lowest BCUT2D eigenvalue weighted by Gasteiger charge is -2.20. The van der Waals surface area contributed by atoms with E-state index in [0.717, 1.165) is 12.8 Å². The van der Waals surface area contributed by atoms with Crippen molar-refractivity contribution in [3.8, 4) is 0 Å². The molecule has 106 valence electrons. The smallest absolute Gasteiger partial charge is 0.255 e. The van der Waals surface area contributed by atoms with E-state index in [9.17, 15) is 14.3 Å². The predicted octanol–water partition coefficient (Wildman–Crippen LogP) is 3.12. The summed E-state index contributed by atoms with van der Waals surface area (Å²) >= 11 is 3.15. The zero-order valence-corrected chi connectivity index (χ0v) is 12.7. The number of amides is 1. The Morgan fingerprint density at radius 2 is 2.05 bits per heavy atom. The highest BCUT2D eigenvalue weighted by molar-refractivity contribution is 9.10. The van der Waals surface area contributed by atoms with Crippen molar-refractivity contribution in [3.05, 3.63) is 34.1 Å². The SMILES string of the molecule is CCC(CC)C(O)CNC(=O)c1c(F)cccc1Br. The third-order valence-electron chi connectivity index (χ3n) is 3.25. The average molecular weight is 332 g/mol. The summed E-state index contributed by atoms with van der Waals surface area (Å²) in [5.41, 5.74) is -0.0285. The van der Waals surface area contributed by atoms with E-state index < -0.39 is 17.8 Å². The van der Waals surface area contributed by atoms with Crippen molar-refractivity contribution >= 4 is 21.8 Å². The highest BCUT2D eigenvalue weighted by Gasteiger charge is 2.19. The first-order valence-corrected chi connectivity index (χ1v) is 7.20. The molecule has 0 aliphatic heterocycles. The van der Waals surface area contributed by atoms with Gasteiger partial charge in [0.1, 0.15) is 5.82 Å². The van der Waals surface area contributed by atoms with Gasteiger partial charge in [-0.2, -0.15) is 0 Å². The van der Waals surface area contributed by atoms with Gasteiger partial charge in [-0.05, 0) is 34.0 Å². The number of rotatable bonds is 6. The second-order valence-corrected chi connectivity index (χ2v) is 5.30. The Kier molecular flexibility index (Phi) is 6.45. The van der Waals surface area contributed by atoms with Crippen LogP contribution in [0, 0.1) is 11.7 Å². The number of hydrogen-bond acceptors (Lipinski definition) is 2. The molecule has 1 aromatic carbocycles. The normalized spacial score (nSPS) is 12.5. The summed E-state index contributed by atoms with van der Waals surface area (Å²) in [5.74, 6) is -0.955. The molecule has 0 spiro atoms. The fourth-order valence-electron chi connectivity index (χ4n) is 2.00. The minimum atomic E-state index is -0.607. The van der Waals surface area contributed by atoms with Crippen molar-refractivity contribution in [2.75, 3.05) is 6.54 Å². The van der Waals surface area contributed by atoms with Gasteiger partial charge in [-0.25, -0.2) is 4.39 Å². The summed E-state index contributed by atoms with van der Waals surface area (Å²) in [6.45, 7) is 4.12. The van der Waals surface area contributed by atoms with E-state index in [2.05, 4.69) is 21.2 Å². The zero-order chi connectivity index (χ0) is 14.4. The van der Waals surface area contributed by atoms with E-state index in [1.54, 1.807) is 6.07 Å². The summed E-state index contributed by atoms with van der Waals surface area (Å²) < 4.78 is 14.0. The molecule has 0 aliphatic rings. The topological polar surface area (TPSA) is 49.3 Å². The van der Waals surface area contributed by atoms with Gasteiger partial charge in [-0.3, -0.25) is 4.79 Å². The largest absolute Gasteiger partial charge is 0.391 e. The van der Waals surface area contributed by atoms with Crippen LogP contribution in [0.4, 0.5) is 4.39 Å². The summed E-state index contributed by atoms with van der Waals surface area (Å²) in [6.07, 6.45) is 1.08. The fourth-order valence-corrected chi connectivity index (χ4v) is 2.52. The van der Waals surface area contributed by atoms with Gasteiger partial charge in [0.15, 0.2) is 0 Å². The van der Waals surface area contributed by atoms with E-state index in [4.69, 9.17) is 0 Å². The van der Waals surface area contributed by atoms with Crippen LogP contribution in [0.3, 0.4) is 0 Å². The van der Waals surface area contributed by atoms with Crippen LogP contribution in [0.25, 0.3) is 0 Å². The minimum Gasteiger partial charge on any atom is -0.391 e. The van der Waals surface area contributed by atoms with Crippen LogP contribution >= 0.6 is 15.9 Å². The lowest BCUT2D eigenvalue weighted by Crippen LogP contribution is -2.36. The molecular formula is C14H19BrFNO2. The number of benzene rings is 1. The lowest BCUT2D eigenvalue weighted by molar-refractivity contribution is 0.0813. The molecule has 3 nitrogen and oxygen atoms in total. The summed E-state index contributed by atoms with van der Waals surface area (Å²) in [5, 5.41) is 12.5. The predicted molar refractivity (Wildman–Crippen MR) is 76.5 cm³/mol. The van der Waals surface area contributed by atoms with Gasteiger partial charge in [0.25, 0.3) is 5.91 Å². The molecule has 0 heterocycles. The van der Waals surface area contributed by atoms with E-state index in [1.807, 2.05) is 13.8 Å². The van der Waals surface area contributed by atoms with Crippen LogP contribution in [0.15, 0.2) is 22.7 Å². The molecule has 5 heteroatoms. The number of carbonyl (C=O) groups is 1. The molecule has 0 bridgehead atoms. The Balaban J connectivity index is 2.66. The maximum Gasteiger partial charge on any atom is 0.255 e.